The van der Waals surface area contributed by atoms with Crippen LogP contribution in [-0.2, 0) is 28.7 Å². The van der Waals surface area contributed by atoms with Gasteiger partial charge in [-0.2, -0.15) is 0 Å². The lowest BCUT2D eigenvalue weighted by Crippen LogP contribution is -2.57. The second kappa shape index (κ2) is 11.8. The van der Waals surface area contributed by atoms with Crippen molar-refractivity contribution < 1.29 is 38.9 Å². The van der Waals surface area contributed by atoms with Crippen molar-refractivity contribution >= 4 is 23.6 Å². The summed E-state index contributed by atoms with van der Waals surface area (Å²) in [7, 11) is 0. The molecule has 0 spiro atoms. The Balaban J connectivity index is 1.24. The van der Waals surface area contributed by atoms with Crippen molar-refractivity contribution in [1.82, 2.24) is 24.9 Å². The van der Waals surface area contributed by atoms with Gasteiger partial charge in [-0.25, -0.2) is 0 Å². The number of aliphatic hydroxyl groups excluding tert-OH is 2. The van der Waals surface area contributed by atoms with E-state index < -0.39 is 30.5 Å². The van der Waals surface area contributed by atoms with E-state index in [0.29, 0.717) is 45.8 Å². The number of hydrogen-bond acceptors (Lipinski definition) is 9. The number of aliphatic hydroxyl groups is 2. The summed E-state index contributed by atoms with van der Waals surface area (Å²) in [6.45, 7) is 4.86. The Morgan fingerprint density at radius 2 is 1.63 bits per heavy atom. The van der Waals surface area contributed by atoms with Crippen molar-refractivity contribution in [1.29, 1.82) is 0 Å². The van der Waals surface area contributed by atoms with Gasteiger partial charge in [0.25, 0.3) is 0 Å². The molecule has 5 heterocycles. The lowest BCUT2D eigenvalue weighted by atomic mass is 10.0. The van der Waals surface area contributed by atoms with Crippen molar-refractivity contribution in [3.05, 3.63) is 0 Å². The molecule has 6 fully saturated rings. The highest BCUT2D eigenvalue weighted by atomic mass is 16.5. The van der Waals surface area contributed by atoms with Crippen LogP contribution in [0.3, 0.4) is 0 Å². The van der Waals surface area contributed by atoms with Gasteiger partial charge in [0.2, 0.25) is 23.6 Å². The van der Waals surface area contributed by atoms with Crippen molar-refractivity contribution in [3.63, 3.8) is 0 Å². The van der Waals surface area contributed by atoms with Crippen molar-refractivity contribution in [2.24, 2.45) is 5.92 Å². The van der Waals surface area contributed by atoms with Crippen molar-refractivity contribution in [2.75, 3.05) is 52.4 Å². The number of ether oxygens (including phenoxy) is 2. The molecule has 5 saturated heterocycles. The van der Waals surface area contributed by atoms with Crippen molar-refractivity contribution in [2.45, 2.75) is 94.1 Å². The molecule has 1 saturated carbocycles. The molecule has 13 nitrogen and oxygen atoms in total. The molecule has 0 aromatic carbocycles. The van der Waals surface area contributed by atoms with Crippen LogP contribution in [0.15, 0.2) is 0 Å². The molecule has 4 amide bonds. The Kier molecular flexibility index (Phi) is 8.25. The minimum absolute atomic E-state index is 0.00505. The van der Waals surface area contributed by atoms with Crippen LogP contribution < -0.4 is 5.32 Å². The van der Waals surface area contributed by atoms with Gasteiger partial charge < -0.3 is 39.7 Å². The largest absolute Gasteiger partial charge is 0.388 e. The fourth-order valence-corrected chi connectivity index (χ4v) is 7.29. The van der Waals surface area contributed by atoms with Gasteiger partial charge in [-0.15, -0.1) is 0 Å². The summed E-state index contributed by atoms with van der Waals surface area (Å²) in [5, 5.41) is 24.5. The summed E-state index contributed by atoms with van der Waals surface area (Å²) in [5.41, 5.74) is 0. The van der Waals surface area contributed by atoms with Crippen LogP contribution in [0.25, 0.3) is 0 Å². The molecule has 6 bridgehead atoms. The highest BCUT2D eigenvalue weighted by Crippen LogP contribution is 2.33. The fraction of sp³-hybridized carbons (Fsp3) is 0.857. The molecule has 0 aromatic rings. The van der Waals surface area contributed by atoms with E-state index in [1.54, 1.807) is 11.8 Å². The Labute approximate surface area is 240 Å². The minimum Gasteiger partial charge on any atom is -0.388 e. The first-order chi connectivity index (χ1) is 19.7. The number of nitrogens with one attached hydrogen (secondary N) is 1. The minimum atomic E-state index is -1.25. The molecule has 5 aliphatic heterocycles. The summed E-state index contributed by atoms with van der Waals surface area (Å²) in [4.78, 5) is 59.8. The van der Waals surface area contributed by atoms with E-state index in [1.165, 1.54) is 0 Å². The number of morpholine rings is 1. The fourth-order valence-electron chi connectivity index (χ4n) is 7.29. The molecular weight excluding hydrogens is 534 g/mol. The first-order valence-electron chi connectivity index (χ1n) is 15.2. The zero-order chi connectivity index (χ0) is 28.8. The van der Waals surface area contributed by atoms with E-state index in [4.69, 9.17) is 9.47 Å². The molecule has 6 rings (SSSR count). The van der Waals surface area contributed by atoms with E-state index in [-0.39, 0.29) is 67.2 Å². The number of hydrogen-bond donors (Lipinski definition) is 3. The Morgan fingerprint density at radius 1 is 0.902 bits per heavy atom. The van der Waals surface area contributed by atoms with Gasteiger partial charge >= 0.3 is 0 Å². The van der Waals surface area contributed by atoms with Gasteiger partial charge in [0.05, 0.1) is 31.3 Å². The number of nitrogens with zero attached hydrogens (tertiary/aromatic N) is 4. The Hall–Kier alpha value is -2.32. The Bertz CT molecular complexity index is 1030. The lowest BCUT2D eigenvalue weighted by Gasteiger charge is -2.41. The van der Waals surface area contributed by atoms with E-state index in [9.17, 15) is 29.4 Å². The smallest absolute Gasteiger partial charge is 0.240 e. The number of carbonyl (C=O) groups is 4. The second-order valence-corrected chi connectivity index (χ2v) is 12.6. The average molecular weight is 578 g/mol. The molecule has 13 heteroatoms. The first-order valence-corrected chi connectivity index (χ1v) is 15.2. The number of fused-ring (bicyclic) bond motifs is 6. The average Bonchev–Trinajstić information content (AvgIpc) is 3.68. The van der Waals surface area contributed by atoms with E-state index in [0.717, 1.165) is 25.7 Å². The van der Waals surface area contributed by atoms with Gasteiger partial charge in [0, 0.05) is 70.7 Å². The quantitative estimate of drug-likeness (QED) is 0.336. The predicted molar refractivity (Wildman–Crippen MR) is 143 cm³/mol. The molecule has 6 aliphatic rings. The van der Waals surface area contributed by atoms with E-state index in [2.05, 4.69) is 10.2 Å². The highest BCUT2D eigenvalue weighted by molar-refractivity contribution is 5.83. The predicted octanol–water partition coefficient (Wildman–Crippen LogP) is -2.08. The summed E-state index contributed by atoms with van der Waals surface area (Å²) in [6, 6.07) is -0.551. The molecule has 1 aliphatic carbocycles. The third-order valence-corrected chi connectivity index (χ3v) is 9.73. The molecule has 41 heavy (non-hydrogen) atoms. The van der Waals surface area contributed by atoms with Gasteiger partial charge in [-0.3, -0.25) is 24.1 Å². The van der Waals surface area contributed by atoms with Crippen LogP contribution in [0.2, 0.25) is 0 Å². The SMILES string of the molecule is CC(=O)N1CCC(N2C[C@@H]3C[C@H]2C(=O)N2CCO[C@H](CN(C(=O)C4CC4)C[C@H]4O[C@@H](CC(=O)N3)[C@H](O)[C@@H]4O)C2)CC1. The van der Waals surface area contributed by atoms with E-state index >= 15 is 0 Å². The number of amides is 4. The van der Waals surface area contributed by atoms with Crippen molar-refractivity contribution in [3.8, 4) is 0 Å². The number of carbonyl (C=O) groups excluding carboxylic acids is 4. The van der Waals surface area contributed by atoms with Crippen LogP contribution in [0.5, 0.6) is 0 Å². The molecule has 228 valence electrons. The first kappa shape index (κ1) is 28.8. The summed E-state index contributed by atoms with van der Waals surface area (Å²) < 4.78 is 12.0. The third kappa shape index (κ3) is 6.10. The maximum atomic E-state index is 14.0. The summed E-state index contributed by atoms with van der Waals surface area (Å²) >= 11 is 0. The van der Waals surface area contributed by atoms with Crippen LogP contribution in [0, 0.1) is 5.92 Å². The maximum absolute atomic E-state index is 14.0. The van der Waals surface area contributed by atoms with Gasteiger partial charge in [0.15, 0.2) is 0 Å². The van der Waals surface area contributed by atoms with Gasteiger partial charge in [-0.1, -0.05) is 0 Å². The molecule has 7 atom stereocenters. The molecular formula is C28H43N5O8. The van der Waals surface area contributed by atoms with Gasteiger partial charge in [-0.05, 0) is 32.1 Å². The topological polar surface area (TPSA) is 152 Å². The van der Waals surface area contributed by atoms with Gasteiger partial charge in [0.1, 0.15) is 18.3 Å². The Morgan fingerprint density at radius 3 is 2.34 bits per heavy atom. The highest BCUT2D eigenvalue weighted by Gasteiger charge is 2.48. The van der Waals surface area contributed by atoms with E-state index in [1.807, 2.05) is 9.80 Å². The molecule has 0 aromatic heterocycles. The molecule has 3 N–H and O–H groups in total. The zero-order valence-electron chi connectivity index (χ0n) is 23.7. The number of likely N-dealkylation sites (tertiary alicyclic amines) is 2. The molecule has 0 unspecified atom stereocenters. The number of rotatable bonds is 2. The van der Waals surface area contributed by atoms with Crippen LogP contribution >= 0.6 is 0 Å². The lowest BCUT2D eigenvalue weighted by molar-refractivity contribution is -0.148. The zero-order valence-corrected chi connectivity index (χ0v) is 23.7. The van der Waals surface area contributed by atoms with Crippen LogP contribution in [-0.4, -0.2) is 155 Å². The van der Waals surface area contributed by atoms with Crippen LogP contribution in [0.4, 0.5) is 0 Å². The summed E-state index contributed by atoms with van der Waals surface area (Å²) in [6.07, 6.45) is -1.10. The third-order valence-electron chi connectivity index (χ3n) is 9.73. The summed E-state index contributed by atoms with van der Waals surface area (Å²) in [5.74, 6) is -0.352. The normalized spacial score (nSPS) is 37.8. The standard InChI is InChI=1S/C28H43N5O8/c1-16(34)30-6-4-19(5-7-30)33-12-18-10-21(33)28(39)31-8-9-40-20(13-31)14-32(27(38)17-2-3-17)15-23-26(37)25(36)22(41-23)11-24(35)29-18/h17-23,25-26,36-37H,2-15H2,1H3,(H,29,35)/t18-,20-,21-,22-,23+,25-,26+/m0/s1. The maximum Gasteiger partial charge on any atom is 0.240 e. The monoisotopic (exact) mass is 577 g/mol. The molecule has 0 radical (unpaired) electrons. The van der Waals surface area contributed by atoms with Crippen LogP contribution in [0.1, 0.15) is 45.4 Å². The second-order valence-electron chi connectivity index (χ2n) is 12.6. The number of piperidine rings is 1.